The monoisotopic (exact) mass is 425 g/mol. The van der Waals surface area contributed by atoms with Gasteiger partial charge in [0.2, 0.25) is 5.91 Å². The number of ether oxygens (including phenoxy) is 1. The van der Waals surface area contributed by atoms with Gasteiger partial charge >= 0.3 is 0 Å². The Kier molecular flexibility index (Phi) is 5.99. The van der Waals surface area contributed by atoms with Crippen LogP contribution in [0.1, 0.15) is 26.3 Å². The number of hydrogen-bond donors (Lipinski definition) is 0. The van der Waals surface area contributed by atoms with Gasteiger partial charge < -0.3 is 14.5 Å². The molecule has 2 aromatic rings. The lowest BCUT2D eigenvalue weighted by atomic mass is 10.1. The van der Waals surface area contributed by atoms with E-state index in [0.29, 0.717) is 43.7 Å². The number of carbonyl (C=O) groups excluding carboxylic acids is 3. The molecule has 0 N–H and O–H groups in total. The topological polar surface area (TPSA) is 70.2 Å². The van der Waals surface area contributed by atoms with E-state index in [1.54, 1.807) is 29.2 Å². The summed E-state index contributed by atoms with van der Waals surface area (Å²) in [7, 11) is 1.49. The molecule has 7 nitrogen and oxygen atoms in total. The summed E-state index contributed by atoms with van der Waals surface area (Å²) in [5.74, 6) is -0.995. The van der Waals surface area contributed by atoms with Gasteiger partial charge in [0, 0.05) is 39.8 Å². The SMILES string of the molecule is COCC(=O)N1CCN(c2cccc3c2C(=O)N(CCc2ccc(F)cc2)C3=O)CC1. The Morgan fingerprint density at radius 1 is 1.00 bits per heavy atom. The maximum Gasteiger partial charge on any atom is 0.263 e. The quantitative estimate of drug-likeness (QED) is 0.662. The first-order chi connectivity index (χ1) is 15.0. The van der Waals surface area contributed by atoms with Crippen LogP contribution in [0.3, 0.4) is 0 Å². The number of anilines is 1. The fourth-order valence-electron chi connectivity index (χ4n) is 4.09. The van der Waals surface area contributed by atoms with Crippen molar-refractivity contribution in [3.8, 4) is 0 Å². The summed E-state index contributed by atoms with van der Waals surface area (Å²) in [4.78, 5) is 43.1. The van der Waals surface area contributed by atoms with Gasteiger partial charge in [0.15, 0.2) is 0 Å². The van der Waals surface area contributed by atoms with Crippen molar-refractivity contribution in [1.82, 2.24) is 9.80 Å². The Labute approximate surface area is 180 Å². The van der Waals surface area contributed by atoms with E-state index < -0.39 is 0 Å². The Morgan fingerprint density at radius 3 is 2.39 bits per heavy atom. The zero-order chi connectivity index (χ0) is 22.0. The summed E-state index contributed by atoms with van der Waals surface area (Å²) in [6.07, 6.45) is 0.460. The van der Waals surface area contributed by atoms with Crippen molar-refractivity contribution in [2.75, 3.05) is 51.3 Å². The van der Waals surface area contributed by atoms with Crippen molar-refractivity contribution in [1.29, 1.82) is 0 Å². The van der Waals surface area contributed by atoms with Crippen LogP contribution in [0, 0.1) is 5.82 Å². The molecule has 2 aliphatic rings. The first-order valence-electron chi connectivity index (χ1n) is 10.2. The van der Waals surface area contributed by atoms with Crippen molar-refractivity contribution >= 4 is 23.4 Å². The number of benzene rings is 2. The number of rotatable bonds is 6. The summed E-state index contributed by atoms with van der Waals surface area (Å²) in [6, 6.07) is 11.4. The van der Waals surface area contributed by atoms with E-state index >= 15 is 0 Å². The molecule has 2 aliphatic heterocycles. The van der Waals surface area contributed by atoms with Crippen molar-refractivity contribution in [3.05, 3.63) is 65.0 Å². The smallest absolute Gasteiger partial charge is 0.263 e. The Balaban J connectivity index is 1.48. The highest BCUT2D eigenvalue weighted by molar-refractivity contribution is 6.23. The molecule has 4 rings (SSSR count). The third-order valence-electron chi connectivity index (χ3n) is 5.76. The number of imide groups is 1. The number of methoxy groups -OCH3 is 1. The summed E-state index contributed by atoms with van der Waals surface area (Å²) in [5, 5.41) is 0. The molecule has 0 aromatic heterocycles. The third kappa shape index (κ3) is 4.16. The molecular formula is C23H24FN3O4. The number of nitrogens with zero attached hydrogens (tertiary/aromatic N) is 3. The van der Waals surface area contributed by atoms with Crippen molar-refractivity contribution in [2.24, 2.45) is 0 Å². The van der Waals surface area contributed by atoms with E-state index in [4.69, 9.17) is 4.74 Å². The Bertz CT molecular complexity index is 1000. The van der Waals surface area contributed by atoms with Gasteiger partial charge in [0.25, 0.3) is 11.8 Å². The van der Waals surface area contributed by atoms with Gasteiger partial charge in [0.05, 0.1) is 16.8 Å². The van der Waals surface area contributed by atoms with Gasteiger partial charge in [-0.05, 0) is 36.2 Å². The molecule has 31 heavy (non-hydrogen) atoms. The molecule has 2 heterocycles. The minimum atomic E-state index is -0.321. The van der Waals surface area contributed by atoms with Gasteiger partial charge in [0.1, 0.15) is 12.4 Å². The largest absolute Gasteiger partial charge is 0.375 e. The molecule has 0 saturated carbocycles. The number of fused-ring (bicyclic) bond motifs is 1. The standard InChI is InChI=1S/C23H24FN3O4/c1-31-15-20(28)26-13-11-25(12-14-26)19-4-2-3-18-21(19)23(30)27(22(18)29)10-9-16-5-7-17(24)8-6-16/h2-8H,9-15H2,1H3. The first-order valence-corrected chi connectivity index (χ1v) is 10.2. The van der Waals surface area contributed by atoms with Crippen LogP contribution in [0.5, 0.6) is 0 Å². The summed E-state index contributed by atoms with van der Waals surface area (Å²) in [6.45, 7) is 2.49. The molecule has 0 spiro atoms. The zero-order valence-corrected chi connectivity index (χ0v) is 17.3. The van der Waals surface area contributed by atoms with Gasteiger partial charge in [-0.3, -0.25) is 19.3 Å². The van der Waals surface area contributed by atoms with Gasteiger partial charge in [-0.25, -0.2) is 4.39 Å². The summed E-state index contributed by atoms with van der Waals surface area (Å²) in [5.41, 5.74) is 2.40. The molecule has 162 valence electrons. The minimum Gasteiger partial charge on any atom is -0.375 e. The molecule has 0 aliphatic carbocycles. The summed E-state index contributed by atoms with van der Waals surface area (Å²) < 4.78 is 18.0. The second-order valence-corrected chi connectivity index (χ2v) is 7.64. The zero-order valence-electron chi connectivity index (χ0n) is 17.3. The highest BCUT2D eigenvalue weighted by Gasteiger charge is 2.38. The molecule has 1 saturated heterocycles. The average Bonchev–Trinajstić information content (AvgIpc) is 3.03. The van der Waals surface area contributed by atoms with Crippen LogP contribution < -0.4 is 4.90 Å². The maximum absolute atomic E-state index is 13.1. The van der Waals surface area contributed by atoms with E-state index in [0.717, 1.165) is 11.3 Å². The van der Waals surface area contributed by atoms with Crippen molar-refractivity contribution in [2.45, 2.75) is 6.42 Å². The van der Waals surface area contributed by atoms with E-state index in [9.17, 15) is 18.8 Å². The van der Waals surface area contributed by atoms with Gasteiger partial charge in [-0.1, -0.05) is 18.2 Å². The molecule has 8 heteroatoms. The first kappa shape index (κ1) is 21.0. The fourth-order valence-corrected chi connectivity index (χ4v) is 4.09. The predicted molar refractivity (Wildman–Crippen MR) is 113 cm³/mol. The van der Waals surface area contributed by atoms with Crippen LogP contribution in [0.25, 0.3) is 0 Å². The second-order valence-electron chi connectivity index (χ2n) is 7.64. The van der Waals surface area contributed by atoms with Crippen molar-refractivity contribution in [3.63, 3.8) is 0 Å². The Hall–Kier alpha value is -3.26. The number of carbonyl (C=O) groups is 3. The molecular weight excluding hydrogens is 401 g/mol. The van der Waals surface area contributed by atoms with Crippen LogP contribution >= 0.6 is 0 Å². The van der Waals surface area contributed by atoms with E-state index in [2.05, 4.69) is 0 Å². The molecule has 0 unspecified atom stereocenters. The lowest BCUT2D eigenvalue weighted by molar-refractivity contribution is -0.135. The molecule has 1 fully saturated rings. The van der Waals surface area contributed by atoms with Crippen LogP contribution in [0.4, 0.5) is 10.1 Å². The maximum atomic E-state index is 13.1. The molecule has 2 aromatic carbocycles. The van der Waals surface area contributed by atoms with Crippen LogP contribution in [-0.4, -0.2) is 74.0 Å². The molecule has 3 amide bonds. The normalized spacial score (nSPS) is 16.1. The van der Waals surface area contributed by atoms with Crippen LogP contribution in [-0.2, 0) is 16.0 Å². The molecule has 0 bridgehead atoms. The molecule has 0 radical (unpaired) electrons. The van der Waals surface area contributed by atoms with Gasteiger partial charge in [-0.2, -0.15) is 0 Å². The van der Waals surface area contributed by atoms with Crippen LogP contribution in [0.15, 0.2) is 42.5 Å². The van der Waals surface area contributed by atoms with Gasteiger partial charge in [-0.15, -0.1) is 0 Å². The van der Waals surface area contributed by atoms with Crippen LogP contribution in [0.2, 0.25) is 0 Å². The number of amides is 3. The summed E-state index contributed by atoms with van der Waals surface area (Å²) >= 11 is 0. The number of piperazine rings is 1. The fraction of sp³-hybridized carbons (Fsp3) is 0.348. The average molecular weight is 425 g/mol. The Morgan fingerprint density at radius 2 is 1.71 bits per heavy atom. The molecule has 0 atom stereocenters. The number of hydrogen-bond acceptors (Lipinski definition) is 5. The van der Waals surface area contributed by atoms with E-state index in [1.807, 2.05) is 11.0 Å². The van der Waals surface area contributed by atoms with Crippen molar-refractivity contribution < 1.29 is 23.5 Å². The minimum absolute atomic E-state index is 0.0523. The second kappa shape index (κ2) is 8.85. The highest BCUT2D eigenvalue weighted by Crippen LogP contribution is 2.32. The van der Waals surface area contributed by atoms with E-state index in [1.165, 1.54) is 24.1 Å². The lowest BCUT2D eigenvalue weighted by Crippen LogP contribution is -2.50. The third-order valence-corrected chi connectivity index (χ3v) is 5.76. The predicted octanol–water partition coefficient (Wildman–Crippen LogP) is 1.96. The lowest BCUT2D eigenvalue weighted by Gasteiger charge is -2.36. The highest BCUT2D eigenvalue weighted by atomic mass is 19.1. The number of halogens is 1. The van der Waals surface area contributed by atoms with E-state index in [-0.39, 0.29) is 36.7 Å².